The Hall–Kier alpha value is -2.18. The van der Waals surface area contributed by atoms with Crippen LogP contribution in [-0.2, 0) is 9.53 Å². The molecular weight excluding hydrogens is 350 g/mol. The van der Waals surface area contributed by atoms with Crippen molar-refractivity contribution in [2.24, 2.45) is 4.99 Å². The van der Waals surface area contributed by atoms with Crippen LogP contribution in [0.4, 0.5) is 0 Å². The fraction of sp³-hybridized carbons (Fsp3) is 0.235. The number of fused-ring (bicyclic) bond motifs is 1. The molecule has 0 saturated carbocycles. The van der Waals surface area contributed by atoms with Crippen LogP contribution >= 0.6 is 22.9 Å². The molecule has 0 radical (unpaired) electrons. The Kier molecular flexibility index (Phi) is 4.43. The number of thiophene rings is 1. The monoisotopic (exact) mass is 363 g/mol. The highest BCUT2D eigenvalue weighted by molar-refractivity contribution is 7.08. The van der Waals surface area contributed by atoms with Gasteiger partial charge in [0, 0.05) is 28.6 Å². The number of methoxy groups -OCH3 is 1. The Morgan fingerprint density at radius 1 is 1.46 bits per heavy atom. The third-order valence-electron chi connectivity index (χ3n) is 3.92. The number of carboxylic acids is 1. The zero-order chi connectivity index (χ0) is 17.4. The van der Waals surface area contributed by atoms with E-state index >= 15 is 0 Å². The van der Waals surface area contributed by atoms with Crippen molar-refractivity contribution < 1.29 is 19.4 Å². The zero-order valence-corrected chi connectivity index (χ0v) is 14.6. The van der Waals surface area contributed by atoms with Crippen molar-refractivity contribution in [2.45, 2.75) is 19.8 Å². The molecule has 124 valence electrons. The number of allylic oxidation sites excluding steroid dienone is 4. The molecular formula is C17H14ClNO4S. The van der Waals surface area contributed by atoms with E-state index in [1.165, 1.54) is 18.4 Å². The van der Waals surface area contributed by atoms with Crippen LogP contribution in [0.3, 0.4) is 0 Å². The van der Waals surface area contributed by atoms with E-state index in [4.69, 9.17) is 16.3 Å². The second kappa shape index (κ2) is 6.37. The molecule has 24 heavy (non-hydrogen) atoms. The van der Waals surface area contributed by atoms with Gasteiger partial charge in [0.1, 0.15) is 5.76 Å². The van der Waals surface area contributed by atoms with Crippen LogP contribution in [0.2, 0.25) is 0 Å². The molecule has 1 N–H and O–H groups in total. The molecule has 0 amide bonds. The number of rotatable bonds is 5. The van der Waals surface area contributed by atoms with Gasteiger partial charge < -0.3 is 9.84 Å². The van der Waals surface area contributed by atoms with Crippen LogP contribution in [0, 0.1) is 0 Å². The molecule has 0 bridgehead atoms. The number of ketones is 1. The first kappa shape index (κ1) is 16.7. The van der Waals surface area contributed by atoms with Crippen molar-refractivity contribution in [1.82, 2.24) is 0 Å². The molecule has 1 aliphatic carbocycles. The van der Waals surface area contributed by atoms with Gasteiger partial charge in [0.25, 0.3) is 0 Å². The van der Waals surface area contributed by atoms with Gasteiger partial charge in [-0.25, -0.2) is 0 Å². The molecule has 1 aliphatic heterocycles. The number of carbonyl (C=O) groups excluding carboxylic acids is 1. The number of aliphatic imine (C=N–C) groups is 1. The van der Waals surface area contributed by atoms with E-state index in [1.807, 2.05) is 5.38 Å². The highest BCUT2D eigenvalue weighted by atomic mass is 35.5. The van der Waals surface area contributed by atoms with E-state index in [-0.39, 0.29) is 12.2 Å². The van der Waals surface area contributed by atoms with E-state index in [0.717, 1.165) is 0 Å². The molecule has 0 atom stereocenters. The summed E-state index contributed by atoms with van der Waals surface area (Å²) in [7, 11) is 1.45. The lowest BCUT2D eigenvalue weighted by atomic mass is 9.85. The maximum absolute atomic E-state index is 13.0. The number of aliphatic carboxylic acids is 1. The van der Waals surface area contributed by atoms with Gasteiger partial charge in [-0.15, -0.1) is 0 Å². The van der Waals surface area contributed by atoms with Gasteiger partial charge in [0.15, 0.2) is 5.78 Å². The summed E-state index contributed by atoms with van der Waals surface area (Å²) in [6.07, 6.45) is 0.115. The smallest absolute Gasteiger partial charge is 0.307 e. The van der Waals surface area contributed by atoms with Crippen molar-refractivity contribution >= 4 is 40.4 Å². The summed E-state index contributed by atoms with van der Waals surface area (Å²) in [4.78, 5) is 28.7. The first-order valence-corrected chi connectivity index (χ1v) is 8.50. The largest absolute Gasteiger partial charge is 0.495 e. The summed E-state index contributed by atoms with van der Waals surface area (Å²) in [6.45, 7) is 1.74. The van der Waals surface area contributed by atoms with Crippen LogP contribution in [0.15, 0.2) is 55.0 Å². The van der Waals surface area contributed by atoms with Crippen LogP contribution in [-0.4, -0.2) is 29.7 Å². The number of hydrogen-bond donors (Lipinski definition) is 1. The molecule has 5 nitrogen and oxygen atoms in total. The first-order chi connectivity index (χ1) is 11.4. The van der Waals surface area contributed by atoms with Crippen LogP contribution < -0.4 is 0 Å². The minimum Gasteiger partial charge on any atom is -0.495 e. The first-order valence-electron chi connectivity index (χ1n) is 7.18. The van der Waals surface area contributed by atoms with Gasteiger partial charge >= 0.3 is 5.97 Å². The van der Waals surface area contributed by atoms with Gasteiger partial charge in [-0.1, -0.05) is 11.6 Å². The Morgan fingerprint density at radius 2 is 2.21 bits per heavy atom. The highest BCUT2D eigenvalue weighted by Gasteiger charge is 2.36. The molecule has 1 aromatic heterocycles. The van der Waals surface area contributed by atoms with E-state index in [0.29, 0.717) is 50.9 Å². The SMILES string of the molecule is COC1=C(Cl)CC2=NC(C)=C(CC(=O)O)C2=C1C(=O)c1ccsc1. The number of hydrogen-bond acceptors (Lipinski definition) is 5. The van der Waals surface area contributed by atoms with Gasteiger partial charge in [0.05, 0.1) is 29.8 Å². The minimum absolute atomic E-state index is 0.205. The number of halogens is 1. The number of ether oxygens (including phenoxy) is 1. The average molecular weight is 364 g/mol. The van der Waals surface area contributed by atoms with Crippen molar-refractivity contribution in [3.05, 3.63) is 55.6 Å². The normalized spacial score (nSPS) is 17.2. The fourth-order valence-corrected chi connectivity index (χ4v) is 3.85. The molecule has 3 rings (SSSR count). The molecule has 0 unspecified atom stereocenters. The second-order valence-electron chi connectivity index (χ2n) is 5.40. The van der Waals surface area contributed by atoms with Crippen molar-refractivity contribution in [3.63, 3.8) is 0 Å². The Labute approximate surface area is 147 Å². The third kappa shape index (κ3) is 2.72. The lowest BCUT2D eigenvalue weighted by Gasteiger charge is -2.22. The predicted octanol–water partition coefficient (Wildman–Crippen LogP) is 3.93. The molecule has 0 saturated heterocycles. The summed E-state index contributed by atoms with van der Waals surface area (Å²) in [5, 5.41) is 13.1. The van der Waals surface area contributed by atoms with Gasteiger partial charge in [-0.3, -0.25) is 14.6 Å². The Morgan fingerprint density at radius 3 is 2.79 bits per heavy atom. The maximum atomic E-state index is 13.0. The molecule has 2 heterocycles. The Bertz CT molecular complexity index is 859. The topological polar surface area (TPSA) is 76.0 Å². The summed E-state index contributed by atoms with van der Waals surface area (Å²) >= 11 is 7.72. The molecule has 2 aliphatic rings. The van der Waals surface area contributed by atoms with Crippen LogP contribution in [0.1, 0.15) is 30.1 Å². The fourth-order valence-electron chi connectivity index (χ4n) is 2.92. The van der Waals surface area contributed by atoms with Crippen molar-refractivity contribution in [2.75, 3.05) is 7.11 Å². The summed E-state index contributed by atoms with van der Waals surface area (Å²) < 4.78 is 5.38. The van der Waals surface area contributed by atoms with E-state index in [9.17, 15) is 14.7 Å². The van der Waals surface area contributed by atoms with E-state index < -0.39 is 5.97 Å². The highest BCUT2D eigenvalue weighted by Crippen LogP contribution is 2.42. The molecule has 0 fully saturated rings. The molecule has 0 spiro atoms. The second-order valence-corrected chi connectivity index (χ2v) is 6.64. The molecule has 1 aromatic rings. The summed E-state index contributed by atoms with van der Waals surface area (Å²) in [5.41, 5.74) is 3.11. The molecule has 7 heteroatoms. The molecule has 0 aromatic carbocycles. The average Bonchev–Trinajstić information content (AvgIpc) is 3.14. The van der Waals surface area contributed by atoms with Crippen LogP contribution in [0.5, 0.6) is 0 Å². The third-order valence-corrected chi connectivity index (χ3v) is 4.91. The van der Waals surface area contributed by atoms with Crippen molar-refractivity contribution in [3.8, 4) is 0 Å². The quantitative estimate of drug-likeness (QED) is 0.804. The maximum Gasteiger partial charge on any atom is 0.307 e. The van der Waals surface area contributed by atoms with Gasteiger partial charge in [-0.2, -0.15) is 11.3 Å². The lowest BCUT2D eigenvalue weighted by molar-refractivity contribution is -0.136. The van der Waals surface area contributed by atoms with Crippen LogP contribution in [0.25, 0.3) is 0 Å². The standard InChI is InChI=1S/C17H14ClNO4S/c1-8-10(5-13(20)21)14-12(19-8)6-11(18)17(23-2)15(14)16(22)9-3-4-24-7-9/h3-4,7H,5-6H2,1-2H3,(H,20,21). The minimum atomic E-state index is -0.977. The predicted molar refractivity (Wildman–Crippen MR) is 92.6 cm³/mol. The van der Waals surface area contributed by atoms with E-state index in [2.05, 4.69) is 4.99 Å². The number of carboxylic acid groups (broad SMARTS) is 1. The summed E-state index contributed by atoms with van der Waals surface area (Å²) in [6, 6.07) is 1.72. The van der Waals surface area contributed by atoms with Gasteiger partial charge in [-0.05, 0) is 23.9 Å². The van der Waals surface area contributed by atoms with E-state index in [1.54, 1.807) is 18.4 Å². The Balaban J connectivity index is 2.23. The number of nitrogens with zero attached hydrogens (tertiary/aromatic N) is 1. The number of carbonyl (C=O) groups is 2. The van der Waals surface area contributed by atoms with Crippen molar-refractivity contribution in [1.29, 1.82) is 0 Å². The van der Waals surface area contributed by atoms with Gasteiger partial charge in [0.2, 0.25) is 0 Å². The zero-order valence-electron chi connectivity index (χ0n) is 13.1. The summed E-state index contributed by atoms with van der Waals surface area (Å²) in [5.74, 6) is -0.930. The lowest BCUT2D eigenvalue weighted by Crippen LogP contribution is -2.20. The number of Topliss-reactive ketones (excluding diaryl/α,β-unsaturated/α-hetero) is 1.